The molecule has 2 saturated carbocycles. The third kappa shape index (κ3) is 3.65. The summed E-state index contributed by atoms with van der Waals surface area (Å²) in [5.74, 6) is 3.61. The van der Waals surface area contributed by atoms with E-state index < -0.39 is 5.60 Å². The predicted octanol–water partition coefficient (Wildman–Crippen LogP) is 3.72. The van der Waals surface area contributed by atoms with Crippen LogP contribution < -0.4 is 10.2 Å². The SMILES string of the molecule is CC(C)(O)c1ccc2c(c1)CCN(c1cc(NC3CC3)nc(C3CC3)n1)C2. The molecule has 2 N–H and O–H groups in total. The predicted molar refractivity (Wildman–Crippen MR) is 107 cm³/mol. The Morgan fingerprint density at radius 3 is 2.59 bits per heavy atom. The van der Waals surface area contributed by atoms with Gasteiger partial charge in [0.1, 0.15) is 17.5 Å². The van der Waals surface area contributed by atoms with E-state index in [0.29, 0.717) is 12.0 Å². The lowest BCUT2D eigenvalue weighted by molar-refractivity contribution is 0.0785. The second kappa shape index (κ2) is 6.20. The molecule has 2 aliphatic carbocycles. The van der Waals surface area contributed by atoms with Crippen LogP contribution >= 0.6 is 0 Å². The Morgan fingerprint density at radius 2 is 1.89 bits per heavy atom. The van der Waals surface area contributed by atoms with Crippen molar-refractivity contribution < 1.29 is 5.11 Å². The average Bonchev–Trinajstić information content (AvgIpc) is 3.53. The number of rotatable bonds is 5. The molecule has 2 fully saturated rings. The zero-order valence-corrected chi connectivity index (χ0v) is 16.2. The molecular weight excluding hydrogens is 336 g/mol. The minimum absolute atomic E-state index is 0.552. The lowest BCUT2D eigenvalue weighted by Crippen LogP contribution is -2.32. The van der Waals surface area contributed by atoms with Crippen molar-refractivity contribution in [3.63, 3.8) is 0 Å². The zero-order chi connectivity index (χ0) is 18.6. The molecule has 0 radical (unpaired) electrons. The summed E-state index contributed by atoms with van der Waals surface area (Å²) in [5.41, 5.74) is 2.88. The van der Waals surface area contributed by atoms with Crippen LogP contribution in [0.15, 0.2) is 24.3 Å². The molecule has 0 unspecified atom stereocenters. The van der Waals surface area contributed by atoms with Crippen molar-refractivity contribution in [3.05, 3.63) is 46.8 Å². The summed E-state index contributed by atoms with van der Waals surface area (Å²) in [7, 11) is 0. The van der Waals surface area contributed by atoms with Crippen LogP contribution in [0.25, 0.3) is 0 Å². The molecule has 5 rings (SSSR count). The number of nitrogens with one attached hydrogen (secondary N) is 1. The van der Waals surface area contributed by atoms with Gasteiger partial charge >= 0.3 is 0 Å². The summed E-state index contributed by atoms with van der Waals surface area (Å²) < 4.78 is 0. The lowest BCUT2D eigenvalue weighted by Gasteiger charge is -2.31. The largest absolute Gasteiger partial charge is 0.386 e. The van der Waals surface area contributed by atoms with Gasteiger partial charge in [0.05, 0.1) is 5.60 Å². The van der Waals surface area contributed by atoms with E-state index in [2.05, 4.69) is 34.5 Å². The molecule has 0 amide bonds. The van der Waals surface area contributed by atoms with E-state index in [1.165, 1.54) is 36.8 Å². The Bertz CT molecular complexity index is 865. The first-order valence-electron chi connectivity index (χ1n) is 10.2. The highest BCUT2D eigenvalue weighted by Gasteiger charge is 2.30. The van der Waals surface area contributed by atoms with Crippen LogP contribution in [0.5, 0.6) is 0 Å². The normalized spacial score (nSPS) is 19.7. The first kappa shape index (κ1) is 17.0. The molecular formula is C22H28N4O. The van der Waals surface area contributed by atoms with Crippen LogP contribution in [0, 0.1) is 0 Å². The van der Waals surface area contributed by atoms with Crippen LogP contribution in [0.4, 0.5) is 11.6 Å². The van der Waals surface area contributed by atoms with Crippen LogP contribution in [0.1, 0.15) is 68.0 Å². The minimum atomic E-state index is -0.790. The molecule has 0 spiro atoms. The van der Waals surface area contributed by atoms with Gasteiger partial charge in [-0.25, -0.2) is 9.97 Å². The molecule has 2 heterocycles. The summed E-state index contributed by atoms with van der Waals surface area (Å²) in [6.45, 7) is 5.51. The lowest BCUT2D eigenvalue weighted by atomic mass is 9.91. The van der Waals surface area contributed by atoms with Gasteiger partial charge in [-0.2, -0.15) is 0 Å². The fourth-order valence-corrected chi connectivity index (χ4v) is 3.78. The summed E-state index contributed by atoms with van der Waals surface area (Å²) >= 11 is 0. The average molecular weight is 364 g/mol. The van der Waals surface area contributed by atoms with E-state index in [0.717, 1.165) is 42.5 Å². The number of hydrogen-bond acceptors (Lipinski definition) is 5. The summed E-state index contributed by atoms with van der Waals surface area (Å²) in [6.07, 6.45) is 5.91. The Labute approximate surface area is 160 Å². The van der Waals surface area contributed by atoms with Crippen LogP contribution in [0.3, 0.4) is 0 Å². The zero-order valence-electron chi connectivity index (χ0n) is 16.2. The Hall–Kier alpha value is -2.14. The fourth-order valence-electron chi connectivity index (χ4n) is 3.78. The van der Waals surface area contributed by atoms with Crippen molar-refractivity contribution in [2.75, 3.05) is 16.8 Å². The van der Waals surface area contributed by atoms with E-state index in [4.69, 9.17) is 9.97 Å². The van der Waals surface area contributed by atoms with Crippen molar-refractivity contribution in [2.45, 2.75) is 70.1 Å². The van der Waals surface area contributed by atoms with Gasteiger partial charge in [-0.1, -0.05) is 18.2 Å². The topological polar surface area (TPSA) is 61.3 Å². The number of anilines is 2. The van der Waals surface area contributed by atoms with Crippen molar-refractivity contribution in [3.8, 4) is 0 Å². The van der Waals surface area contributed by atoms with Crippen LogP contribution in [-0.4, -0.2) is 27.7 Å². The number of nitrogens with zero attached hydrogens (tertiary/aromatic N) is 3. The molecule has 142 valence electrons. The van der Waals surface area contributed by atoms with Gasteiger partial charge in [0, 0.05) is 31.1 Å². The Kier molecular flexibility index (Phi) is 3.90. The maximum absolute atomic E-state index is 10.3. The summed E-state index contributed by atoms with van der Waals surface area (Å²) in [4.78, 5) is 12.1. The number of aromatic nitrogens is 2. The molecule has 1 aromatic heterocycles. The molecule has 5 nitrogen and oxygen atoms in total. The Morgan fingerprint density at radius 1 is 1.07 bits per heavy atom. The molecule has 3 aliphatic rings. The maximum atomic E-state index is 10.3. The highest BCUT2D eigenvalue weighted by Crippen LogP contribution is 2.40. The smallest absolute Gasteiger partial charge is 0.136 e. The van der Waals surface area contributed by atoms with Gasteiger partial charge in [0.15, 0.2) is 0 Å². The van der Waals surface area contributed by atoms with Gasteiger partial charge in [-0.3, -0.25) is 0 Å². The first-order valence-corrected chi connectivity index (χ1v) is 10.2. The molecule has 1 aliphatic heterocycles. The number of fused-ring (bicyclic) bond motifs is 1. The van der Waals surface area contributed by atoms with Gasteiger partial charge in [0.25, 0.3) is 0 Å². The number of hydrogen-bond donors (Lipinski definition) is 2. The first-order chi connectivity index (χ1) is 13.0. The molecule has 0 atom stereocenters. The molecule has 0 bridgehead atoms. The second-order valence-corrected chi connectivity index (χ2v) is 8.88. The van der Waals surface area contributed by atoms with Crippen molar-refractivity contribution in [1.29, 1.82) is 0 Å². The molecule has 0 saturated heterocycles. The van der Waals surface area contributed by atoms with E-state index in [9.17, 15) is 5.11 Å². The van der Waals surface area contributed by atoms with Crippen molar-refractivity contribution >= 4 is 11.6 Å². The highest BCUT2D eigenvalue weighted by atomic mass is 16.3. The maximum Gasteiger partial charge on any atom is 0.136 e. The van der Waals surface area contributed by atoms with Crippen LogP contribution in [-0.2, 0) is 18.6 Å². The third-order valence-corrected chi connectivity index (χ3v) is 5.85. The summed E-state index contributed by atoms with van der Waals surface area (Å²) in [6, 6.07) is 9.11. The van der Waals surface area contributed by atoms with E-state index in [1.54, 1.807) is 0 Å². The van der Waals surface area contributed by atoms with E-state index in [-0.39, 0.29) is 0 Å². The van der Waals surface area contributed by atoms with Crippen molar-refractivity contribution in [1.82, 2.24) is 9.97 Å². The van der Waals surface area contributed by atoms with E-state index in [1.807, 2.05) is 13.8 Å². The van der Waals surface area contributed by atoms with Crippen molar-refractivity contribution in [2.24, 2.45) is 0 Å². The van der Waals surface area contributed by atoms with E-state index >= 15 is 0 Å². The quantitative estimate of drug-likeness (QED) is 0.847. The van der Waals surface area contributed by atoms with Gasteiger partial charge in [-0.05, 0) is 62.6 Å². The standard InChI is InChI=1S/C22H28N4O/c1-22(2,27)17-6-5-16-13-26(10-9-15(16)11-17)20-12-19(23-18-7-8-18)24-21(25-20)14-3-4-14/h5-6,11-12,14,18,27H,3-4,7-10,13H2,1-2H3,(H,23,24,25). The summed E-state index contributed by atoms with van der Waals surface area (Å²) in [5, 5.41) is 13.8. The van der Waals surface area contributed by atoms with Gasteiger partial charge < -0.3 is 15.3 Å². The third-order valence-electron chi connectivity index (χ3n) is 5.85. The highest BCUT2D eigenvalue weighted by molar-refractivity contribution is 5.53. The van der Waals surface area contributed by atoms with Crippen LogP contribution in [0.2, 0.25) is 0 Å². The molecule has 5 heteroatoms. The monoisotopic (exact) mass is 364 g/mol. The number of benzene rings is 1. The molecule has 1 aromatic carbocycles. The Balaban J connectivity index is 1.41. The van der Waals surface area contributed by atoms with Gasteiger partial charge in [-0.15, -0.1) is 0 Å². The molecule has 2 aromatic rings. The van der Waals surface area contributed by atoms with Gasteiger partial charge in [0.2, 0.25) is 0 Å². The number of aliphatic hydroxyl groups is 1. The fraction of sp³-hybridized carbons (Fsp3) is 0.545. The minimum Gasteiger partial charge on any atom is -0.386 e. The molecule has 27 heavy (non-hydrogen) atoms. The second-order valence-electron chi connectivity index (χ2n) is 8.88.